The lowest BCUT2D eigenvalue weighted by Crippen LogP contribution is -2.29. The monoisotopic (exact) mass is 303 g/mol. The fourth-order valence-electron chi connectivity index (χ4n) is 5.06. The van der Waals surface area contributed by atoms with Crippen LogP contribution in [0.3, 0.4) is 0 Å². The zero-order valence-corrected chi connectivity index (χ0v) is 12.9. The molecule has 4 rings (SSSR count). The van der Waals surface area contributed by atoms with Gasteiger partial charge in [-0.3, -0.25) is 4.79 Å². The SMILES string of the molecule is Cc1oc(CN(C)C(=O)C2C3C4CCC(C4)C23)cc1C(=O)O. The van der Waals surface area contributed by atoms with Crippen molar-refractivity contribution in [2.75, 3.05) is 7.05 Å². The number of hydrogen-bond acceptors (Lipinski definition) is 3. The first-order valence-electron chi connectivity index (χ1n) is 8.05. The molecule has 2 bridgehead atoms. The van der Waals surface area contributed by atoms with E-state index in [2.05, 4.69) is 0 Å². The number of fused-ring (bicyclic) bond motifs is 5. The first-order chi connectivity index (χ1) is 10.5. The first kappa shape index (κ1) is 13.9. The topological polar surface area (TPSA) is 70.8 Å². The minimum Gasteiger partial charge on any atom is -0.478 e. The van der Waals surface area contributed by atoms with Crippen LogP contribution in [0.1, 0.15) is 41.1 Å². The van der Waals surface area contributed by atoms with E-state index >= 15 is 0 Å². The van der Waals surface area contributed by atoms with Crippen molar-refractivity contribution in [2.45, 2.75) is 32.7 Å². The summed E-state index contributed by atoms with van der Waals surface area (Å²) in [6, 6.07) is 1.53. The van der Waals surface area contributed by atoms with Gasteiger partial charge in [0.25, 0.3) is 0 Å². The van der Waals surface area contributed by atoms with Crippen LogP contribution in [0, 0.1) is 36.5 Å². The van der Waals surface area contributed by atoms with Crippen LogP contribution in [0.15, 0.2) is 10.5 Å². The molecule has 0 aliphatic heterocycles. The zero-order valence-electron chi connectivity index (χ0n) is 12.9. The molecule has 3 aliphatic carbocycles. The van der Waals surface area contributed by atoms with Crippen molar-refractivity contribution in [3.05, 3.63) is 23.2 Å². The lowest BCUT2D eigenvalue weighted by Gasteiger charge is -2.18. The highest BCUT2D eigenvalue weighted by Gasteiger charge is 2.67. The summed E-state index contributed by atoms with van der Waals surface area (Å²) >= 11 is 0. The normalized spacial score (nSPS) is 34.5. The van der Waals surface area contributed by atoms with Crippen LogP contribution in [0.4, 0.5) is 0 Å². The van der Waals surface area contributed by atoms with Gasteiger partial charge in [0.15, 0.2) is 0 Å². The summed E-state index contributed by atoms with van der Waals surface area (Å²) in [5.74, 6) is 3.18. The fourth-order valence-corrected chi connectivity index (χ4v) is 5.06. The van der Waals surface area contributed by atoms with Gasteiger partial charge in [0.1, 0.15) is 17.1 Å². The van der Waals surface area contributed by atoms with E-state index in [0.29, 0.717) is 29.9 Å². The Morgan fingerprint density at radius 1 is 1.32 bits per heavy atom. The number of furan rings is 1. The van der Waals surface area contributed by atoms with Crippen molar-refractivity contribution in [2.24, 2.45) is 29.6 Å². The highest BCUT2D eigenvalue weighted by atomic mass is 16.4. The fraction of sp³-hybridized carbons (Fsp3) is 0.647. The lowest BCUT2D eigenvalue weighted by molar-refractivity contribution is -0.133. The molecule has 0 aromatic carbocycles. The summed E-state index contributed by atoms with van der Waals surface area (Å²) in [6.45, 7) is 1.98. The van der Waals surface area contributed by atoms with Crippen molar-refractivity contribution in [1.82, 2.24) is 4.90 Å². The van der Waals surface area contributed by atoms with Crippen molar-refractivity contribution in [3.63, 3.8) is 0 Å². The van der Waals surface area contributed by atoms with Crippen LogP contribution in [-0.2, 0) is 11.3 Å². The highest BCUT2D eigenvalue weighted by Crippen LogP contribution is 2.69. The molecule has 4 atom stereocenters. The largest absolute Gasteiger partial charge is 0.478 e. The second-order valence-corrected chi connectivity index (χ2v) is 7.20. The summed E-state index contributed by atoms with van der Waals surface area (Å²) in [5, 5.41) is 9.05. The molecule has 0 spiro atoms. The van der Waals surface area contributed by atoms with Gasteiger partial charge in [-0.05, 0) is 55.9 Å². The third-order valence-corrected chi connectivity index (χ3v) is 5.99. The van der Waals surface area contributed by atoms with Gasteiger partial charge in [-0.2, -0.15) is 0 Å². The number of carboxylic acid groups (broad SMARTS) is 1. The molecule has 3 saturated carbocycles. The maximum atomic E-state index is 12.6. The van der Waals surface area contributed by atoms with Gasteiger partial charge in [-0.25, -0.2) is 4.79 Å². The Morgan fingerprint density at radius 3 is 2.50 bits per heavy atom. The summed E-state index contributed by atoms with van der Waals surface area (Å²) in [7, 11) is 1.79. The van der Waals surface area contributed by atoms with Crippen molar-refractivity contribution < 1.29 is 19.1 Å². The Morgan fingerprint density at radius 2 is 1.95 bits per heavy atom. The maximum Gasteiger partial charge on any atom is 0.339 e. The number of hydrogen-bond donors (Lipinski definition) is 1. The predicted molar refractivity (Wildman–Crippen MR) is 78.2 cm³/mol. The smallest absolute Gasteiger partial charge is 0.339 e. The van der Waals surface area contributed by atoms with Crippen LogP contribution in [0.2, 0.25) is 0 Å². The Kier molecular flexibility index (Phi) is 2.90. The first-order valence-corrected chi connectivity index (χ1v) is 8.05. The van der Waals surface area contributed by atoms with Gasteiger partial charge in [0, 0.05) is 13.0 Å². The van der Waals surface area contributed by atoms with Gasteiger partial charge in [-0.1, -0.05) is 0 Å². The van der Waals surface area contributed by atoms with Gasteiger partial charge in [0.05, 0.1) is 6.54 Å². The molecule has 5 heteroatoms. The molecule has 1 aromatic rings. The van der Waals surface area contributed by atoms with E-state index in [-0.39, 0.29) is 17.4 Å². The van der Waals surface area contributed by atoms with Crippen LogP contribution >= 0.6 is 0 Å². The number of rotatable bonds is 4. The van der Waals surface area contributed by atoms with E-state index < -0.39 is 5.97 Å². The molecule has 1 heterocycles. The van der Waals surface area contributed by atoms with Crippen LogP contribution < -0.4 is 0 Å². The molecular weight excluding hydrogens is 282 g/mol. The molecule has 0 saturated heterocycles. The molecule has 3 aliphatic rings. The Bertz CT molecular complexity index is 633. The molecular formula is C17H21NO4. The summed E-state index contributed by atoms with van der Waals surface area (Å²) < 4.78 is 5.47. The molecule has 1 N–H and O–H groups in total. The molecule has 3 fully saturated rings. The highest BCUT2D eigenvalue weighted by molar-refractivity contribution is 5.89. The van der Waals surface area contributed by atoms with Gasteiger partial charge < -0.3 is 14.4 Å². The third-order valence-electron chi connectivity index (χ3n) is 5.99. The average molecular weight is 303 g/mol. The Labute approximate surface area is 129 Å². The Hall–Kier alpha value is -1.78. The molecule has 5 nitrogen and oxygen atoms in total. The second-order valence-electron chi connectivity index (χ2n) is 7.20. The van der Waals surface area contributed by atoms with E-state index in [4.69, 9.17) is 9.52 Å². The number of nitrogens with zero attached hydrogens (tertiary/aromatic N) is 1. The minimum atomic E-state index is -0.991. The average Bonchev–Trinajstić information content (AvgIpc) is 2.77. The van der Waals surface area contributed by atoms with Gasteiger partial charge >= 0.3 is 5.97 Å². The Balaban J connectivity index is 1.42. The van der Waals surface area contributed by atoms with Crippen LogP contribution in [-0.4, -0.2) is 28.9 Å². The quantitative estimate of drug-likeness (QED) is 0.928. The summed E-state index contributed by atoms with van der Waals surface area (Å²) in [5.41, 5.74) is 0.178. The summed E-state index contributed by atoms with van der Waals surface area (Å²) in [4.78, 5) is 25.4. The molecule has 1 aromatic heterocycles. The maximum absolute atomic E-state index is 12.6. The number of carbonyl (C=O) groups excluding carboxylic acids is 1. The van der Waals surface area contributed by atoms with Crippen molar-refractivity contribution >= 4 is 11.9 Å². The number of amides is 1. The number of carbonyl (C=O) groups is 2. The third kappa shape index (κ3) is 1.91. The van der Waals surface area contributed by atoms with Gasteiger partial charge in [-0.15, -0.1) is 0 Å². The number of aromatic carboxylic acids is 1. The van der Waals surface area contributed by atoms with Crippen molar-refractivity contribution in [1.29, 1.82) is 0 Å². The number of carboxylic acids is 1. The molecule has 0 radical (unpaired) electrons. The van der Waals surface area contributed by atoms with E-state index in [1.807, 2.05) is 0 Å². The van der Waals surface area contributed by atoms with E-state index in [1.165, 1.54) is 25.3 Å². The zero-order chi connectivity index (χ0) is 15.6. The molecule has 22 heavy (non-hydrogen) atoms. The van der Waals surface area contributed by atoms with Crippen LogP contribution in [0.25, 0.3) is 0 Å². The molecule has 4 unspecified atom stereocenters. The van der Waals surface area contributed by atoms with Gasteiger partial charge in [0.2, 0.25) is 5.91 Å². The predicted octanol–water partition coefficient (Wildman–Crippen LogP) is 2.54. The standard InChI is InChI=1S/C17H21NO4/c1-8-12(17(20)21)6-11(22-8)7-18(2)16(19)15-13-9-3-4-10(5-9)14(13)15/h6,9-10,13-15H,3-5,7H2,1-2H3,(H,20,21). The second kappa shape index (κ2) is 4.61. The summed E-state index contributed by atoms with van der Waals surface area (Å²) in [6.07, 6.45) is 3.94. The molecule has 118 valence electrons. The molecule has 1 amide bonds. The number of aryl methyl sites for hydroxylation is 1. The minimum absolute atomic E-state index is 0.178. The van der Waals surface area contributed by atoms with E-state index in [1.54, 1.807) is 18.9 Å². The van der Waals surface area contributed by atoms with Crippen molar-refractivity contribution in [3.8, 4) is 0 Å². The van der Waals surface area contributed by atoms with Crippen LogP contribution in [0.5, 0.6) is 0 Å². The lowest BCUT2D eigenvalue weighted by atomic mass is 10.0. The van der Waals surface area contributed by atoms with E-state index in [0.717, 1.165) is 11.8 Å². The van der Waals surface area contributed by atoms with E-state index in [9.17, 15) is 9.59 Å².